The smallest absolute Gasteiger partial charge is 0.0674 e. The van der Waals surface area contributed by atoms with Crippen molar-refractivity contribution in [1.29, 1.82) is 0 Å². The van der Waals surface area contributed by atoms with Crippen molar-refractivity contribution in [2.75, 3.05) is 19.6 Å². The van der Waals surface area contributed by atoms with Gasteiger partial charge in [0, 0.05) is 13.1 Å². The van der Waals surface area contributed by atoms with Gasteiger partial charge in [-0.3, -0.25) is 0 Å². The molecule has 1 aliphatic carbocycles. The predicted octanol–water partition coefficient (Wildman–Crippen LogP) is 3.83. The Kier molecular flexibility index (Phi) is 8.26. The summed E-state index contributed by atoms with van der Waals surface area (Å²) in [6.07, 6.45) is 20.6. The van der Waals surface area contributed by atoms with Crippen molar-refractivity contribution in [3.05, 3.63) is 0 Å². The molecule has 0 atom stereocenters. The molecule has 2 fully saturated rings. The molecule has 1 heterocycles. The van der Waals surface area contributed by atoms with E-state index in [0.717, 1.165) is 38.3 Å². The molecule has 1 aliphatic heterocycles. The van der Waals surface area contributed by atoms with Gasteiger partial charge in [0.1, 0.15) is 0 Å². The topological polar surface area (TPSA) is 23.5 Å². The van der Waals surface area contributed by atoms with Crippen molar-refractivity contribution < 1.29 is 5.11 Å². The fourth-order valence-corrected chi connectivity index (χ4v) is 3.71. The normalized spacial score (nSPS) is 23.8. The van der Waals surface area contributed by atoms with Crippen LogP contribution in [0.2, 0.25) is 0 Å². The molecule has 0 unspecified atom stereocenters. The van der Waals surface area contributed by atoms with E-state index in [1.807, 2.05) is 0 Å². The third-order valence-electron chi connectivity index (χ3n) is 5.01. The summed E-state index contributed by atoms with van der Waals surface area (Å²) in [5, 5.41) is 10.7. The summed E-state index contributed by atoms with van der Waals surface area (Å²) in [6, 6.07) is 0. The standard InChI is InChI=1S/C16H31NO.C2H2/c1-2-3-11-17-12-9-16(18,10-13-17)14-15-7-5-4-6-8-15;1-2/h15,18H,2-14H2,1H3;1-2H. The molecule has 0 spiro atoms. The molecule has 116 valence electrons. The van der Waals surface area contributed by atoms with Gasteiger partial charge in [-0.25, -0.2) is 0 Å². The number of hydrogen-bond acceptors (Lipinski definition) is 2. The second-order valence-electron chi connectivity index (χ2n) is 6.63. The van der Waals surface area contributed by atoms with E-state index in [1.165, 1.54) is 51.5 Å². The zero-order chi connectivity index (χ0) is 14.8. The van der Waals surface area contributed by atoms with Crippen molar-refractivity contribution in [1.82, 2.24) is 4.90 Å². The van der Waals surface area contributed by atoms with Gasteiger partial charge in [-0.15, -0.1) is 12.8 Å². The molecule has 0 aromatic rings. The van der Waals surface area contributed by atoms with E-state index in [2.05, 4.69) is 24.7 Å². The molecule has 2 rings (SSSR count). The molecule has 1 saturated carbocycles. The summed E-state index contributed by atoms with van der Waals surface area (Å²) in [5.74, 6) is 0.811. The van der Waals surface area contributed by atoms with Gasteiger partial charge in [-0.2, -0.15) is 0 Å². The molecule has 1 saturated heterocycles. The predicted molar refractivity (Wildman–Crippen MR) is 86.6 cm³/mol. The van der Waals surface area contributed by atoms with Crippen LogP contribution in [0, 0.1) is 18.8 Å². The van der Waals surface area contributed by atoms with Crippen LogP contribution in [0.15, 0.2) is 0 Å². The SMILES string of the molecule is C#C.CCCCN1CCC(O)(CC2CCCCC2)CC1. The molecule has 0 amide bonds. The van der Waals surface area contributed by atoms with Crippen LogP contribution in [-0.2, 0) is 0 Å². The van der Waals surface area contributed by atoms with Crippen LogP contribution in [0.5, 0.6) is 0 Å². The molecule has 1 N–H and O–H groups in total. The Morgan fingerprint density at radius 2 is 1.70 bits per heavy atom. The Morgan fingerprint density at radius 1 is 1.10 bits per heavy atom. The van der Waals surface area contributed by atoms with Crippen LogP contribution in [0.25, 0.3) is 0 Å². The number of nitrogens with zero attached hydrogens (tertiary/aromatic N) is 1. The Balaban J connectivity index is 0.000000956. The number of unbranched alkanes of at least 4 members (excludes halogenated alkanes) is 1. The quantitative estimate of drug-likeness (QED) is 0.773. The maximum Gasteiger partial charge on any atom is 0.0674 e. The molecule has 0 bridgehead atoms. The fourth-order valence-electron chi connectivity index (χ4n) is 3.71. The lowest BCUT2D eigenvalue weighted by atomic mass is 9.77. The van der Waals surface area contributed by atoms with Gasteiger partial charge in [0.2, 0.25) is 0 Å². The minimum absolute atomic E-state index is 0.329. The second kappa shape index (κ2) is 9.42. The maximum atomic E-state index is 10.7. The third kappa shape index (κ3) is 5.85. The highest BCUT2D eigenvalue weighted by molar-refractivity contribution is 4.88. The fraction of sp³-hybridized carbons (Fsp3) is 0.889. The largest absolute Gasteiger partial charge is 0.390 e. The monoisotopic (exact) mass is 279 g/mol. The molecule has 2 heteroatoms. The second-order valence-corrected chi connectivity index (χ2v) is 6.63. The van der Waals surface area contributed by atoms with Crippen molar-refractivity contribution in [2.45, 2.75) is 76.7 Å². The van der Waals surface area contributed by atoms with Crippen molar-refractivity contribution >= 4 is 0 Å². The Hall–Kier alpha value is -0.520. The zero-order valence-electron chi connectivity index (χ0n) is 13.3. The third-order valence-corrected chi connectivity index (χ3v) is 5.01. The summed E-state index contributed by atoms with van der Waals surface area (Å²) in [4.78, 5) is 2.54. The first-order chi connectivity index (χ1) is 9.72. The summed E-state index contributed by atoms with van der Waals surface area (Å²) in [7, 11) is 0. The van der Waals surface area contributed by atoms with Crippen molar-refractivity contribution in [2.24, 2.45) is 5.92 Å². The average Bonchev–Trinajstić information content (AvgIpc) is 2.50. The lowest BCUT2D eigenvalue weighted by molar-refractivity contribution is -0.0424. The molecular formula is C18H33NO. The summed E-state index contributed by atoms with van der Waals surface area (Å²) >= 11 is 0. The van der Waals surface area contributed by atoms with E-state index in [1.54, 1.807) is 0 Å². The van der Waals surface area contributed by atoms with E-state index in [9.17, 15) is 5.11 Å². The molecule has 2 aliphatic rings. The Morgan fingerprint density at radius 3 is 2.25 bits per heavy atom. The Bertz CT molecular complexity index is 260. The van der Waals surface area contributed by atoms with E-state index in [4.69, 9.17) is 0 Å². The first-order valence-corrected chi connectivity index (χ1v) is 8.50. The maximum absolute atomic E-state index is 10.7. The summed E-state index contributed by atoms with van der Waals surface area (Å²) in [6.45, 7) is 5.71. The number of hydrogen-bond donors (Lipinski definition) is 1. The molecule has 20 heavy (non-hydrogen) atoms. The van der Waals surface area contributed by atoms with Crippen molar-refractivity contribution in [3.63, 3.8) is 0 Å². The van der Waals surface area contributed by atoms with Crippen LogP contribution in [0.4, 0.5) is 0 Å². The summed E-state index contributed by atoms with van der Waals surface area (Å²) in [5.41, 5.74) is -0.329. The van der Waals surface area contributed by atoms with E-state index >= 15 is 0 Å². The summed E-state index contributed by atoms with van der Waals surface area (Å²) < 4.78 is 0. The minimum Gasteiger partial charge on any atom is -0.390 e. The van der Waals surface area contributed by atoms with Crippen molar-refractivity contribution in [3.8, 4) is 12.8 Å². The lowest BCUT2D eigenvalue weighted by Crippen LogP contribution is -2.45. The van der Waals surface area contributed by atoms with Crippen LogP contribution in [0.3, 0.4) is 0 Å². The minimum atomic E-state index is -0.329. The van der Waals surface area contributed by atoms with Gasteiger partial charge in [0.05, 0.1) is 5.60 Å². The van der Waals surface area contributed by atoms with Gasteiger partial charge < -0.3 is 10.0 Å². The van der Waals surface area contributed by atoms with Gasteiger partial charge in [-0.05, 0) is 38.1 Å². The average molecular weight is 279 g/mol. The van der Waals surface area contributed by atoms with E-state index in [0.29, 0.717) is 0 Å². The number of piperidine rings is 1. The Labute approximate surface area is 125 Å². The van der Waals surface area contributed by atoms with Crippen LogP contribution >= 0.6 is 0 Å². The first kappa shape index (κ1) is 17.5. The highest BCUT2D eigenvalue weighted by atomic mass is 16.3. The van der Waals surface area contributed by atoms with Gasteiger partial charge in [-0.1, -0.05) is 45.4 Å². The molecule has 0 aromatic carbocycles. The highest BCUT2D eigenvalue weighted by Crippen LogP contribution is 2.35. The van der Waals surface area contributed by atoms with Crippen LogP contribution < -0.4 is 0 Å². The first-order valence-electron chi connectivity index (χ1n) is 8.50. The highest BCUT2D eigenvalue weighted by Gasteiger charge is 2.34. The number of likely N-dealkylation sites (tertiary alicyclic amines) is 1. The molecular weight excluding hydrogens is 246 g/mol. The van der Waals surface area contributed by atoms with Gasteiger partial charge in [0.15, 0.2) is 0 Å². The van der Waals surface area contributed by atoms with E-state index in [-0.39, 0.29) is 5.60 Å². The van der Waals surface area contributed by atoms with Crippen LogP contribution in [0.1, 0.15) is 71.1 Å². The van der Waals surface area contributed by atoms with Gasteiger partial charge >= 0.3 is 0 Å². The molecule has 0 aromatic heterocycles. The molecule has 2 nitrogen and oxygen atoms in total. The zero-order valence-corrected chi connectivity index (χ0v) is 13.3. The number of rotatable bonds is 5. The molecule has 0 radical (unpaired) electrons. The number of terminal acetylenes is 1. The van der Waals surface area contributed by atoms with E-state index < -0.39 is 0 Å². The van der Waals surface area contributed by atoms with Crippen LogP contribution in [-0.4, -0.2) is 35.2 Å². The number of aliphatic hydroxyl groups is 1. The lowest BCUT2D eigenvalue weighted by Gasteiger charge is -2.40. The van der Waals surface area contributed by atoms with Gasteiger partial charge in [0.25, 0.3) is 0 Å².